The number of aromatic nitrogens is 1. The molecule has 0 aliphatic heterocycles. The van der Waals surface area contributed by atoms with E-state index in [9.17, 15) is 0 Å². The van der Waals surface area contributed by atoms with Gasteiger partial charge in [-0.25, -0.2) is 4.98 Å². The summed E-state index contributed by atoms with van der Waals surface area (Å²) in [5, 5.41) is 6.55. The molecular weight excluding hydrogens is 218 g/mol. The van der Waals surface area contributed by atoms with Gasteiger partial charge < -0.3 is 10.6 Å². The normalized spacial score (nSPS) is 10.1. The number of nitrogens with one attached hydrogen (secondary N) is 2. The summed E-state index contributed by atoms with van der Waals surface area (Å²) in [5.74, 6) is 3.14. The number of hydrogen-bond donors (Lipinski definition) is 2. The number of thioether (sulfide) groups is 1. The van der Waals surface area contributed by atoms with Crippen molar-refractivity contribution >= 4 is 23.4 Å². The van der Waals surface area contributed by atoms with E-state index >= 15 is 0 Å². The van der Waals surface area contributed by atoms with Gasteiger partial charge in [0.05, 0.1) is 0 Å². The Labute approximate surface area is 102 Å². The van der Waals surface area contributed by atoms with Crippen LogP contribution >= 0.6 is 11.8 Å². The lowest BCUT2D eigenvalue weighted by Gasteiger charge is -2.07. The molecular formula is C12H21N3S. The summed E-state index contributed by atoms with van der Waals surface area (Å²) in [6.45, 7) is 3.98. The van der Waals surface area contributed by atoms with Crippen LogP contribution in [-0.2, 0) is 0 Å². The predicted octanol–water partition coefficient (Wildman–Crippen LogP) is 3.07. The summed E-state index contributed by atoms with van der Waals surface area (Å²) in [6, 6.07) is 6.02. The lowest BCUT2D eigenvalue weighted by molar-refractivity contribution is 0.840. The van der Waals surface area contributed by atoms with Gasteiger partial charge in [0.2, 0.25) is 0 Å². The van der Waals surface area contributed by atoms with Crippen LogP contribution in [-0.4, -0.2) is 30.1 Å². The minimum atomic E-state index is 0.907. The highest BCUT2D eigenvalue weighted by Gasteiger charge is 1.95. The minimum Gasteiger partial charge on any atom is -0.370 e. The van der Waals surface area contributed by atoms with Gasteiger partial charge in [-0.05, 0) is 43.9 Å². The highest BCUT2D eigenvalue weighted by Crippen LogP contribution is 2.09. The molecule has 90 valence electrons. The molecule has 0 aromatic carbocycles. The quantitative estimate of drug-likeness (QED) is 0.684. The van der Waals surface area contributed by atoms with Crippen LogP contribution in [0.4, 0.5) is 11.6 Å². The van der Waals surface area contributed by atoms with Gasteiger partial charge in [-0.2, -0.15) is 11.8 Å². The van der Waals surface area contributed by atoms with Crippen molar-refractivity contribution in [2.24, 2.45) is 0 Å². The van der Waals surface area contributed by atoms with E-state index in [1.807, 2.05) is 30.0 Å². The van der Waals surface area contributed by atoms with Crippen LogP contribution in [0.5, 0.6) is 0 Å². The largest absolute Gasteiger partial charge is 0.370 e. The molecule has 16 heavy (non-hydrogen) atoms. The van der Waals surface area contributed by atoms with Gasteiger partial charge in [0, 0.05) is 13.1 Å². The second-order valence-corrected chi connectivity index (χ2v) is 4.55. The van der Waals surface area contributed by atoms with E-state index in [1.54, 1.807) is 0 Å². The van der Waals surface area contributed by atoms with Gasteiger partial charge >= 0.3 is 0 Å². The van der Waals surface area contributed by atoms with Crippen molar-refractivity contribution in [1.82, 2.24) is 4.98 Å². The van der Waals surface area contributed by atoms with Crippen molar-refractivity contribution in [1.29, 1.82) is 0 Å². The van der Waals surface area contributed by atoms with E-state index in [1.165, 1.54) is 18.6 Å². The van der Waals surface area contributed by atoms with E-state index < -0.39 is 0 Å². The molecule has 4 heteroatoms. The van der Waals surface area contributed by atoms with Crippen LogP contribution in [0.2, 0.25) is 0 Å². The molecule has 0 aliphatic rings. The molecule has 0 atom stereocenters. The molecule has 1 aromatic rings. The molecule has 2 N–H and O–H groups in total. The Bertz CT molecular complexity index is 291. The standard InChI is InChI=1S/C12H21N3S/c1-3-13-11-7-6-8-12(15-11)14-9-4-5-10-16-2/h6-8H,3-5,9-10H2,1-2H3,(H2,13,14,15). The highest BCUT2D eigenvalue weighted by atomic mass is 32.2. The maximum atomic E-state index is 4.45. The zero-order chi connectivity index (χ0) is 11.6. The van der Waals surface area contributed by atoms with Crippen LogP contribution in [0.1, 0.15) is 19.8 Å². The average Bonchev–Trinajstić information content (AvgIpc) is 2.30. The van der Waals surface area contributed by atoms with Crippen LogP contribution < -0.4 is 10.6 Å². The first-order chi connectivity index (χ1) is 7.86. The molecule has 0 bridgehead atoms. The van der Waals surface area contributed by atoms with Crippen LogP contribution in [0, 0.1) is 0 Å². The van der Waals surface area contributed by atoms with Crippen molar-refractivity contribution in [3.8, 4) is 0 Å². The number of rotatable bonds is 8. The first-order valence-electron chi connectivity index (χ1n) is 5.80. The van der Waals surface area contributed by atoms with Gasteiger partial charge in [0.15, 0.2) is 0 Å². The smallest absolute Gasteiger partial charge is 0.128 e. The molecule has 0 saturated heterocycles. The summed E-state index contributed by atoms with van der Waals surface area (Å²) >= 11 is 1.90. The van der Waals surface area contributed by atoms with Crippen molar-refractivity contribution in [2.75, 3.05) is 35.7 Å². The Morgan fingerprint density at radius 2 is 1.94 bits per heavy atom. The van der Waals surface area contributed by atoms with E-state index in [2.05, 4.69) is 28.8 Å². The zero-order valence-electron chi connectivity index (χ0n) is 10.1. The number of unbranched alkanes of at least 4 members (excludes halogenated alkanes) is 1. The van der Waals surface area contributed by atoms with E-state index in [0.717, 1.165) is 24.7 Å². The van der Waals surface area contributed by atoms with Crippen LogP contribution in [0.15, 0.2) is 18.2 Å². The Morgan fingerprint density at radius 3 is 2.62 bits per heavy atom. The molecule has 1 heterocycles. The van der Waals surface area contributed by atoms with E-state index in [4.69, 9.17) is 0 Å². The Kier molecular flexibility index (Phi) is 6.81. The molecule has 1 aromatic heterocycles. The second-order valence-electron chi connectivity index (χ2n) is 3.57. The predicted molar refractivity (Wildman–Crippen MR) is 74.5 cm³/mol. The number of anilines is 2. The second kappa shape index (κ2) is 8.28. The maximum Gasteiger partial charge on any atom is 0.128 e. The first-order valence-corrected chi connectivity index (χ1v) is 7.20. The molecule has 0 fully saturated rings. The monoisotopic (exact) mass is 239 g/mol. The lowest BCUT2D eigenvalue weighted by Crippen LogP contribution is -2.05. The fourth-order valence-electron chi connectivity index (χ4n) is 1.40. The lowest BCUT2D eigenvalue weighted by atomic mass is 10.3. The Balaban J connectivity index is 2.27. The molecule has 1 rings (SSSR count). The van der Waals surface area contributed by atoms with Crippen molar-refractivity contribution < 1.29 is 0 Å². The van der Waals surface area contributed by atoms with Gasteiger partial charge in [0.1, 0.15) is 11.6 Å². The summed E-state index contributed by atoms with van der Waals surface area (Å²) in [7, 11) is 0. The fourth-order valence-corrected chi connectivity index (χ4v) is 1.89. The van der Waals surface area contributed by atoms with Crippen molar-refractivity contribution in [2.45, 2.75) is 19.8 Å². The van der Waals surface area contributed by atoms with Gasteiger partial charge in [0.25, 0.3) is 0 Å². The van der Waals surface area contributed by atoms with E-state index in [-0.39, 0.29) is 0 Å². The molecule has 0 aliphatic carbocycles. The van der Waals surface area contributed by atoms with Crippen molar-refractivity contribution in [3.63, 3.8) is 0 Å². The average molecular weight is 239 g/mol. The highest BCUT2D eigenvalue weighted by molar-refractivity contribution is 7.98. The summed E-state index contributed by atoms with van der Waals surface area (Å²) in [4.78, 5) is 4.45. The summed E-state index contributed by atoms with van der Waals surface area (Å²) < 4.78 is 0. The first kappa shape index (κ1) is 13.2. The fraction of sp³-hybridized carbons (Fsp3) is 0.583. The molecule has 0 unspecified atom stereocenters. The molecule has 0 amide bonds. The summed E-state index contributed by atoms with van der Waals surface area (Å²) in [6.07, 6.45) is 4.61. The number of hydrogen-bond acceptors (Lipinski definition) is 4. The van der Waals surface area contributed by atoms with Gasteiger partial charge in [-0.1, -0.05) is 6.07 Å². The van der Waals surface area contributed by atoms with Gasteiger partial charge in [-0.3, -0.25) is 0 Å². The molecule has 0 spiro atoms. The third-order valence-electron chi connectivity index (χ3n) is 2.19. The minimum absolute atomic E-state index is 0.907. The molecule has 3 nitrogen and oxygen atoms in total. The maximum absolute atomic E-state index is 4.45. The molecule has 0 radical (unpaired) electrons. The third-order valence-corrected chi connectivity index (χ3v) is 2.89. The van der Waals surface area contributed by atoms with Crippen LogP contribution in [0.3, 0.4) is 0 Å². The molecule has 0 saturated carbocycles. The zero-order valence-corrected chi connectivity index (χ0v) is 10.9. The van der Waals surface area contributed by atoms with Crippen molar-refractivity contribution in [3.05, 3.63) is 18.2 Å². The van der Waals surface area contributed by atoms with E-state index in [0.29, 0.717) is 0 Å². The number of pyridine rings is 1. The van der Waals surface area contributed by atoms with Gasteiger partial charge in [-0.15, -0.1) is 0 Å². The Hall–Kier alpha value is -0.900. The Morgan fingerprint density at radius 1 is 1.19 bits per heavy atom. The SMILES string of the molecule is CCNc1cccc(NCCCCSC)n1. The third kappa shape index (κ3) is 5.26. The number of nitrogens with zero attached hydrogens (tertiary/aromatic N) is 1. The summed E-state index contributed by atoms with van der Waals surface area (Å²) in [5.41, 5.74) is 0. The van der Waals surface area contributed by atoms with Crippen LogP contribution in [0.25, 0.3) is 0 Å². The topological polar surface area (TPSA) is 37.0 Å².